The van der Waals surface area contributed by atoms with Gasteiger partial charge in [-0.05, 0) is 55.7 Å². The van der Waals surface area contributed by atoms with Gasteiger partial charge in [0.2, 0.25) is 0 Å². The molecule has 2 rings (SSSR count). The van der Waals surface area contributed by atoms with Gasteiger partial charge in [0.1, 0.15) is 0 Å². The Morgan fingerprint density at radius 3 is 2.35 bits per heavy atom. The molecular formula is C19H22ClNO2. The average Bonchev–Trinajstić information content (AvgIpc) is 2.56. The molecule has 23 heavy (non-hydrogen) atoms. The highest BCUT2D eigenvalue weighted by Crippen LogP contribution is 2.28. The molecule has 0 heterocycles. The maximum atomic E-state index is 5.86. The van der Waals surface area contributed by atoms with Gasteiger partial charge in [-0.3, -0.25) is 4.99 Å². The summed E-state index contributed by atoms with van der Waals surface area (Å²) < 4.78 is 11.2. The normalized spacial score (nSPS) is 10.9. The number of ether oxygens (including phenoxy) is 2. The highest BCUT2D eigenvalue weighted by Gasteiger charge is 2.05. The molecule has 0 unspecified atom stereocenters. The van der Waals surface area contributed by atoms with Crippen LogP contribution >= 0.6 is 11.6 Å². The molecule has 0 radical (unpaired) electrons. The van der Waals surface area contributed by atoms with Crippen molar-refractivity contribution in [1.29, 1.82) is 0 Å². The molecule has 0 bridgehead atoms. The number of halogens is 1. The molecule has 0 aromatic heterocycles. The van der Waals surface area contributed by atoms with Crippen molar-refractivity contribution in [3.05, 3.63) is 58.6 Å². The molecule has 0 aliphatic heterocycles. The Kier molecular flexibility index (Phi) is 6.95. The number of nitrogens with zero attached hydrogens (tertiary/aromatic N) is 1. The predicted molar refractivity (Wildman–Crippen MR) is 96.4 cm³/mol. The summed E-state index contributed by atoms with van der Waals surface area (Å²) in [6, 6.07) is 13.7. The van der Waals surface area contributed by atoms with Crippen LogP contribution in [-0.4, -0.2) is 26.0 Å². The maximum absolute atomic E-state index is 5.86. The quantitative estimate of drug-likeness (QED) is 0.650. The Balaban J connectivity index is 1.94. The van der Waals surface area contributed by atoms with Crippen molar-refractivity contribution in [3.8, 4) is 11.5 Å². The van der Waals surface area contributed by atoms with Crippen molar-refractivity contribution in [1.82, 2.24) is 0 Å². The second-order valence-corrected chi connectivity index (χ2v) is 5.42. The van der Waals surface area contributed by atoms with Crippen LogP contribution < -0.4 is 9.47 Å². The van der Waals surface area contributed by atoms with Crippen molar-refractivity contribution in [2.24, 2.45) is 4.99 Å². The van der Waals surface area contributed by atoms with Crippen LogP contribution in [0.25, 0.3) is 0 Å². The first-order chi connectivity index (χ1) is 11.2. The summed E-state index contributed by atoms with van der Waals surface area (Å²) in [5.74, 6) is 1.59. The third-order valence-electron chi connectivity index (χ3n) is 3.25. The highest BCUT2D eigenvalue weighted by molar-refractivity contribution is 6.30. The second kappa shape index (κ2) is 9.21. The molecule has 0 spiro atoms. The summed E-state index contributed by atoms with van der Waals surface area (Å²) in [6.45, 7) is 5.92. The minimum absolute atomic E-state index is 0.623. The predicted octanol–water partition coefficient (Wildman–Crippen LogP) is 4.80. The monoisotopic (exact) mass is 331 g/mol. The molecule has 0 saturated heterocycles. The highest BCUT2D eigenvalue weighted by atomic mass is 35.5. The lowest BCUT2D eigenvalue weighted by molar-refractivity contribution is 0.287. The van der Waals surface area contributed by atoms with E-state index in [1.807, 2.05) is 56.5 Å². The minimum atomic E-state index is 0.623. The average molecular weight is 332 g/mol. The molecule has 0 amide bonds. The van der Waals surface area contributed by atoms with Gasteiger partial charge in [-0.1, -0.05) is 29.8 Å². The zero-order chi connectivity index (χ0) is 16.5. The fraction of sp³-hybridized carbons (Fsp3) is 0.316. The Morgan fingerprint density at radius 2 is 1.65 bits per heavy atom. The molecule has 4 heteroatoms. The van der Waals surface area contributed by atoms with Crippen LogP contribution in [0.5, 0.6) is 11.5 Å². The van der Waals surface area contributed by atoms with Gasteiger partial charge >= 0.3 is 0 Å². The molecule has 2 aromatic rings. The van der Waals surface area contributed by atoms with Crippen LogP contribution in [0.15, 0.2) is 47.5 Å². The van der Waals surface area contributed by atoms with Crippen molar-refractivity contribution < 1.29 is 9.47 Å². The topological polar surface area (TPSA) is 30.8 Å². The van der Waals surface area contributed by atoms with Gasteiger partial charge in [0.15, 0.2) is 11.5 Å². The Morgan fingerprint density at radius 1 is 0.957 bits per heavy atom. The van der Waals surface area contributed by atoms with Crippen molar-refractivity contribution >= 4 is 17.8 Å². The molecule has 0 N–H and O–H groups in total. The largest absolute Gasteiger partial charge is 0.490 e. The van der Waals surface area contributed by atoms with Gasteiger partial charge in [0.25, 0.3) is 0 Å². The van der Waals surface area contributed by atoms with E-state index in [1.165, 1.54) is 5.56 Å². The van der Waals surface area contributed by atoms with E-state index in [-0.39, 0.29) is 0 Å². The summed E-state index contributed by atoms with van der Waals surface area (Å²) in [6.07, 6.45) is 2.73. The summed E-state index contributed by atoms with van der Waals surface area (Å²) in [5, 5.41) is 0.736. The van der Waals surface area contributed by atoms with Crippen LogP contribution in [-0.2, 0) is 6.42 Å². The number of hydrogen-bond donors (Lipinski definition) is 0. The molecule has 0 fully saturated rings. The Bertz CT molecular complexity index is 638. The lowest BCUT2D eigenvalue weighted by atomic mass is 10.1. The Hall–Kier alpha value is -2.00. The van der Waals surface area contributed by atoms with Crippen LogP contribution in [0.2, 0.25) is 5.02 Å². The van der Waals surface area contributed by atoms with E-state index in [2.05, 4.69) is 11.1 Å². The lowest BCUT2D eigenvalue weighted by Crippen LogP contribution is -2.00. The van der Waals surface area contributed by atoms with Gasteiger partial charge in [0, 0.05) is 17.8 Å². The van der Waals surface area contributed by atoms with Crippen molar-refractivity contribution in [2.45, 2.75) is 20.3 Å². The van der Waals surface area contributed by atoms with Crippen LogP contribution in [0.3, 0.4) is 0 Å². The van der Waals surface area contributed by atoms with Crippen LogP contribution in [0.1, 0.15) is 25.0 Å². The number of benzene rings is 2. The van der Waals surface area contributed by atoms with Crippen LogP contribution in [0.4, 0.5) is 0 Å². The first kappa shape index (κ1) is 17.4. The third kappa shape index (κ3) is 5.61. The smallest absolute Gasteiger partial charge is 0.161 e. The zero-order valence-electron chi connectivity index (χ0n) is 13.6. The second-order valence-electron chi connectivity index (χ2n) is 4.98. The fourth-order valence-corrected chi connectivity index (χ4v) is 2.29. The van der Waals surface area contributed by atoms with Crippen LogP contribution in [0, 0.1) is 0 Å². The van der Waals surface area contributed by atoms with Gasteiger partial charge < -0.3 is 9.47 Å². The third-order valence-corrected chi connectivity index (χ3v) is 3.50. The van der Waals surface area contributed by atoms with E-state index in [0.717, 1.165) is 35.1 Å². The van der Waals surface area contributed by atoms with Gasteiger partial charge in [-0.15, -0.1) is 0 Å². The SMILES string of the molecule is CCOc1ccc(CCN=Cc2ccc(Cl)cc2)cc1OCC. The first-order valence-electron chi connectivity index (χ1n) is 7.86. The van der Waals surface area contributed by atoms with Crippen molar-refractivity contribution in [3.63, 3.8) is 0 Å². The molecule has 0 aliphatic carbocycles. The Labute approximate surface area is 142 Å². The fourth-order valence-electron chi connectivity index (χ4n) is 2.16. The lowest BCUT2D eigenvalue weighted by Gasteiger charge is -2.12. The zero-order valence-corrected chi connectivity index (χ0v) is 14.3. The molecule has 0 aliphatic rings. The number of aliphatic imine (C=N–C) groups is 1. The molecule has 2 aromatic carbocycles. The van der Waals surface area contributed by atoms with E-state index in [4.69, 9.17) is 21.1 Å². The van der Waals surface area contributed by atoms with Gasteiger partial charge in [-0.25, -0.2) is 0 Å². The summed E-state index contributed by atoms with van der Waals surface area (Å²) in [5.41, 5.74) is 2.24. The summed E-state index contributed by atoms with van der Waals surface area (Å²) in [4.78, 5) is 4.46. The van der Waals surface area contributed by atoms with E-state index in [9.17, 15) is 0 Å². The number of hydrogen-bond acceptors (Lipinski definition) is 3. The summed E-state index contributed by atoms with van der Waals surface area (Å²) >= 11 is 5.86. The van der Waals surface area contributed by atoms with E-state index < -0.39 is 0 Å². The van der Waals surface area contributed by atoms with E-state index in [1.54, 1.807) is 0 Å². The summed E-state index contributed by atoms with van der Waals surface area (Å²) in [7, 11) is 0. The van der Waals surface area contributed by atoms with E-state index in [0.29, 0.717) is 13.2 Å². The van der Waals surface area contributed by atoms with Crippen molar-refractivity contribution in [2.75, 3.05) is 19.8 Å². The molecule has 122 valence electrons. The molecule has 3 nitrogen and oxygen atoms in total. The van der Waals surface area contributed by atoms with Gasteiger partial charge in [-0.2, -0.15) is 0 Å². The maximum Gasteiger partial charge on any atom is 0.161 e. The first-order valence-corrected chi connectivity index (χ1v) is 8.24. The molecule has 0 atom stereocenters. The molecular weight excluding hydrogens is 310 g/mol. The minimum Gasteiger partial charge on any atom is -0.490 e. The molecule has 0 saturated carbocycles. The standard InChI is InChI=1S/C19H22ClNO2/c1-3-22-18-10-7-15(13-19(18)23-4-2)11-12-21-14-16-5-8-17(20)9-6-16/h5-10,13-14H,3-4,11-12H2,1-2H3. The van der Waals surface area contributed by atoms with E-state index >= 15 is 0 Å². The number of rotatable bonds is 8. The van der Waals surface area contributed by atoms with Gasteiger partial charge in [0.05, 0.1) is 13.2 Å².